The molecule has 1 fully saturated rings. The number of benzene rings is 2. The second kappa shape index (κ2) is 14.2. The minimum absolute atomic E-state index is 0.000196. The smallest absolute Gasteiger partial charge is 0.335 e. The number of aromatic nitrogens is 4. The molecule has 11 nitrogen and oxygen atoms in total. The van der Waals surface area contributed by atoms with Gasteiger partial charge in [-0.3, -0.25) is 14.4 Å². The average molecular weight is 712 g/mol. The number of ketones is 2. The van der Waals surface area contributed by atoms with Crippen LogP contribution in [0.4, 0.5) is 0 Å². The summed E-state index contributed by atoms with van der Waals surface area (Å²) in [5.74, 6) is -1.61. The molecule has 0 aliphatic heterocycles. The third-order valence-electron chi connectivity index (χ3n) is 11.0. The van der Waals surface area contributed by atoms with Crippen molar-refractivity contribution < 1.29 is 29.0 Å². The number of tetrazole rings is 1. The van der Waals surface area contributed by atoms with E-state index in [2.05, 4.69) is 74.5 Å². The zero-order chi connectivity index (χ0) is 36.7. The Morgan fingerprint density at radius 1 is 0.961 bits per heavy atom. The quantitative estimate of drug-likeness (QED) is 0.107. The van der Waals surface area contributed by atoms with Crippen molar-refractivity contribution in [3.63, 3.8) is 0 Å². The van der Waals surface area contributed by atoms with Crippen LogP contribution in [0.1, 0.15) is 102 Å². The fourth-order valence-electron chi connectivity index (χ4n) is 7.12. The fraction of sp³-hybridized carbons (Fsp3) is 0.462. The lowest BCUT2D eigenvalue weighted by atomic mass is 9.76. The lowest BCUT2D eigenvalue weighted by Crippen LogP contribution is -2.36. The minimum Gasteiger partial charge on any atom is -0.493 e. The van der Waals surface area contributed by atoms with Crippen LogP contribution in [-0.4, -0.2) is 61.9 Å². The largest absolute Gasteiger partial charge is 0.493 e. The van der Waals surface area contributed by atoms with Crippen LogP contribution in [-0.2, 0) is 25.2 Å². The number of hydrogen-bond donors (Lipinski definition) is 2. The molecule has 2 atom stereocenters. The van der Waals surface area contributed by atoms with Gasteiger partial charge in [-0.1, -0.05) is 53.7 Å². The Morgan fingerprint density at radius 3 is 2.27 bits per heavy atom. The van der Waals surface area contributed by atoms with Gasteiger partial charge in [0.1, 0.15) is 11.3 Å². The summed E-state index contributed by atoms with van der Waals surface area (Å²) in [6, 6.07) is 12.4. The molecular weight excluding hydrogens is 667 g/mol. The Labute approximate surface area is 302 Å². The fourth-order valence-corrected chi connectivity index (χ4v) is 8.10. The van der Waals surface area contributed by atoms with Crippen molar-refractivity contribution in [1.29, 1.82) is 0 Å². The number of carboxylic acids is 1. The summed E-state index contributed by atoms with van der Waals surface area (Å²) in [5, 5.41) is 24.2. The molecule has 1 heterocycles. The SMILES string of the molecule is CCC(C)(C)c1ccc(OCCCNC(=O)C2=C(Sc3nnnn3-c3ccc(C(=O)O)cc3)C(=O)C3=C(C2=O)C2CCC3C2)c(C(C)(C)CC)c1. The van der Waals surface area contributed by atoms with E-state index in [1.807, 2.05) is 6.07 Å². The first kappa shape index (κ1) is 36.2. The van der Waals surface area contributed by atoms with Crippen LogP contribution in [0.5, 0.6) is 5.75 Å². The first-order chi connectivity index (χ1) is 24.3. The molecule has 3 aliphatic carbocycles. The van der Waals surface area contributed by atoms with Gasteiger partial charge in [-0.05, 0) is 119 Å². The van der Waals surface area contributed by atoms with Crippen LogP contribution >= 0.6 is 11.8 Å². The number of nitrogens with one attached hydrogen (secondary N) is 1. The van der Waals surface area contributed by atoms with E-state index in [0.717, 1.165) is 55.2 Å². The first-order valence-corrected chi connectivity index (χ1v) is 18.5. The van der Waals surface area contributed by atoms with Crippen LogP contribution < -0.4 is 10.1 Å². The monoisotopic (exact) mass is 711 g/mol. The summed E-state index contributed by atoms with van der Waals surface area (Å²) in [4.78, 5) is 53.3. The van der Waals surface area contributed by atoms with Gasteiger partial charge in [0, 0.05) is 23.3 Å². The van der Waals surface area contributed by atoms with Gasteiger partial charge in [-0.25, -0.2) is 4.79 Å². The number of rotatable bonds is 14. The van der Waals surface area contributed by atoms with Crippen LogP contribution in [0.3, 0.4) is 0 Å². The molecule has 2 unspecified atom stereocenters. The highest BCUT2D eigenvalue weighted by atomic mass is 32.2. The van der Waals surface area contributed by atoms with Crippen molar-refractivity contribution in [2.24, 2.45) is 11.8 Å². The van der Waals surface area contributed by atoms with Gasteiger partial charge < -0.3 is 15.2 Å². The van der Waals surface area contributed by atoms with Crippen molar-refractivity contribution in [2.45, 2.75) is 96.1 Å². The maximum atomic E-state index is 14.1. The number of fused-ring (bicyclic) bond motifs is 4. The van der Waals surface area contributed by atoms with Gasteiger partial charge in [0.15, 0.2) is 11.6 Å². The normalized spacial score (nSPS) is 18.8. The Balaban J connectivity index is 1.20. The Morgan fingerprint density at radius 2 is 1.63 bits per heavy atom. The number of carboxylic acid groups (broad SMARTS) is 1. The molecule has 1 amide bonds. The van der Waals surface area contributed by atoms with E-state index in [1.54, 1.807) is 12.1 Å². The third-order valence-corrected chi connectivity index (χ3v) is 12.1. The van der Waals surface area contributed by atoms with Gasteiger partial charge in [-0.15, -0.1) is 5.10 Å². The molecule has 2 bridgehead atoms. The summed E-state index contributed by atoms with van der Waals surface area (Å²) in [6.07, 6.45) is 4.86. The lowest BCUT2D eigenvalue weighted by molar-refractivity contribution is -0.123. The Hall–Kier alpha value is -4.58. The number of hydrogen-bond acceptors (Lipinski definition) is 9. The molecule has 1 aromatic heterocycles. The highest BCUT2D eigenvalue weighted by Crippen LogP contribution is 2.53. The van der Waals surface area contributed by atoms with E-state index < -0.39 is 17.7 Å². The zero-order valence-corrected chi connectivity index (χ0v) is 30.9. The number of carbonyl (C=O) groups is 4. The second-order valence-electron chi connectivity index (χ2n) is 14.9. The molecule has 51 heavy (non-hydrogen) atoms. The Kier molecular flexibility index (Phi) is 10.1. The summed E-state index contributed by atoms with van der Waals surface area (Å²) >= 11 is 0.879. The topological polar surface area (TPSA) is 153 Å². The standard InChI is InChI=1S/C39H45N5O6S/c1-7-38(3,4)25-14-17-28(27(21-25)39(5,6)8-2)50-19-9-18-40-35(47)31-32(45)29-23-10-11-24(20-23)30(29)33(46)34(31)51-37-41-42-43-44(37)26-15-12-22(13-16-26)36(48)49/h12-17,21,23-24H,7-11,18-20H2,1-6H3,(H,40,47)(H,48,49). The van der Waals surface area contributed by atoms with Crippen molar-refractivity contribution in [3.05, 3.63) is 80.8 Å². The second-order valence-corrected chi connectivity index (χ2v) is 15.8. The molecule has 2 aromatic carbocycles. The maximum absolute atomic E-state index is 14.1. The summed E-state index contributed by atoms with van der Waals surface area (Å²) in [6.45, 7) is 13.9. The summed E-state index contributed by atoms with van der Waals surface area (Å²) < 4.78 is 7.65. The van der Waals surface area contributed by atoms with Crippen LogP contribution in [0.25, 0.3) is 5.69 Å². The molecule has 1 saturated carbocycles. The van der Waals surface area contributed by atoms with Crippen LogP contribution in [0.15, 0.2) is 69.2 Å². The molecule has 3 aliphatic rings. The van der Waals surface area contributed by atoms with E-state index in [9.17, 15) is 24.3 Å². The summed E-state index contributed by atoms with van der Waals surface area (Å²) in [7, 11) is 0. The van der Waals surface area contributed by atoms with E-state index >= 15 is 0 Å². The van der Waals surface area contributed by atoms with Crippen LogP contribution in [0.2, 0.25) is 0 Å². The summed E-state index contributed by atoms with van der Waals surface area (Å²) in [5.41, 5.74) is 3.75. The number of ether oxygens (including phenoxy) is 1. The molecule has 12 heteroatoms. The first-order valence-electron chi connectivity index (χ1n) is 17.7. The van der Waals surface area contributed by atoms with Crippen molar-refractivity contribution in [2.75, 3.05) is 13.2 Å². The molecule has 0 radical (unpaired) electrons. The molecule has 0 saturated heterocycles. The van der Waals surface area contributed by atoms with E-state index in [4.69, 9.17) is 4.74 Å². The number of allylic oxidation sites excluding steroid dienone is 3. The van der Waals surface area contributed by atoms with Gasteiger partial charge in [0.25, 0.3) is 5.91 Å². The van der Waals surface area contributed by atoms with Gasteiger partial charge >= 0.3 is 5.97 Å². The number of Topliss-reactive ketones (excluding diaryl/α,β-unsaturated/α-hetero) is 2. The number of thioether (sulfide) groups is 1. The van der Waals surface area contributed by atoms with E-state index in [0.29, 0.717) is 29.9 Å². The Bertz CT molecular complexity index is 1960. The van der Waals surface area contributed by atoms with Gasteiger partial charge in [-0.2, -0.15) is 4.68 Å². The van der Waals surface area contributed by atoms with Gasteiger partial charge in [0.05, 0.1) is 22.8 Å². The highest BCUT2D eigenvalue weighted by Gasteiger charge is 2.50. The van der Waals surface area contributed by atoms with Gasteiger partial charge in [0.2, 0.25) is 5.16 Å². The molecule has 3 aromatic rings. The van der Waals surface area contributed by atoms with E-state index in [-0.39, 0.29) is 56.2 Å². The maximum Gasteiger partial charge on any atom is 0.335 e. The minimum atomic E-state index is -1.07. The lowest BCUT2D eigenvalue weighted by Gasteiger charge is -2.30. The molecular formula is C39H45N5O6S. The predicted molar refractivity (Wildman–Crippen MR) is 193 cm³/mol. The predicted octanol–water partition coefficient (Wildman–Crippen LogP) is 6.55. The third kappa shape index (κ3) is 6.90. The highest BCUT2D eigenvalue weighted by molar-refractivity contribution is 8.04. The average Bonchev–Trinajstić information content (AvgIpc) is 3.88. The molecule has 2 N–H and O–H groups in total. The van der Waals surface area contributed by atoms with Crippen molar-refractivity contribution in [3.8, 4) is 11.4 Å². The van der Waals surface area contributed by atoms with Crippen molar-refractivity contribution in [1.82, 2.24) is 25.5 Å². The zero-order valence-electron chi connectivity index (χ0n) is 30.0. The van der Waals surface area contributed by atoms with Crippen molar-refractivity contribution >= 4 is 35.2 Å². The number of amides is 1. The molecule has 6 rings (SSSR count). The molecule has 0 spiro atoms. The number of carbonyl (C=O) groups excluding carboxylic acids is 3. The number of aromatic carboxylic acids is 1. The van der Waals surface area contributed by atoms with Crippen LogP contribution in [0, 0.1) is 11.8 Å². The number of nitrogens with zero attached hydrogens (tertiary/aromatic N) is 4. The van der Waals surface area contributed by atoms with E-state index in [1.165, 1.54) is 22.4 Å². The molecule has 268 valence electrons.